The Balaban J connectivity index is 2.69. The number of benzene rings is 1. The minimum atomic E-state index is 0.261. The van der Waals surface area contributed by atoms with Crippen LogP contribution in [0, 0.1) is 12.8 Å². The molecule has 0 aliphatic heterocycles. The highest BCUT2D eigenvalue weighted by Gasteiger charge is 2.11. The summed E-state index contributed by atoms with van der Waals surface area (Å²) in [6.45, 7) is 6.31. The average Bonchev–Trinajstić information content (AvgIpc) is 2.22. The first-order valence-corrected chi connectivity index (χ1v) is 6.63. The number of hydrogen-bond donors (Lipinski definition) is 0. The molecule has 0 heterocycles. The van der Waals surface area contributed by atoms with E-state index in [1.165, 1.54) is 0 Å². The lowest BCUT2D eigenvalue weighted by molar-refractivity contribution is 0.0962. The predicted molar refractivity (Wildman–Crippen MR) is 71.9 cm³/mol. The van der Waals surface area contributed by atoms with Gasteiger partial charge in [0.2, 0.25) is 0 Å². The van der Waals surface area contributed by atoms with E-state index < -0.39 is 0 Å². The molecule has 1 rings (SSSR count). The predicted octanol–water partition coefficient (Wildman–Crippen LogP) is 4.77. The van der Waals surface area contributed by atoms with Crippen molar-refractivity contribution in [1.82, 2.24) is 0 Å². The fraction of sp³-hybridized carbons (Fsp3) is 0.500. The highest BCUT2D eigenvalue weighted by Crippen LogP contribution is 2.20. The first-order valence-electron chi connectivity index (χ1n) is 5.84. The third kappa shape index (κ3) is 3.75. The Morgan fingerprint density at radius 1 is 1.44 bits per heavy atom. The van der Waals surface area contributed by atoms with Gasteiger partial charge < -0.3 is 0 Å². The Labute approximate surface area is 106 Å². The van der Waals surface area contributed by atoms with Gasteiger partial charge in [0.15, 0.2) is 5.78 Å². The number of hydrogen-bond acceptors (Lipinski definition) is 1. The Bertz CT molecular complexity index is 371. The maximum atomic E-state index is 12.0. The van der Waals surface area contributed by atoms with Crippen LogP contribution in [0.1, 0.15) is 49.0 Å². The zero-order chi connectivity index (χ0) is 12.1. The van der Waals surface area contributed by atoms with Crippen LogP contribution >= 0.6 is 15.9 Å². The summed E-state index contributed by atoms with van der Waals surface area (Å²) in [5.41, 5.74) is 1.96. The quantitative estimate of drug-likeness (QED) is 0.711. The number of carbonyl (C=O) groups excluding carboxylic acids is 1. The van der Waals surface area contributed by atoms with Crippen molar-refractivity contribution in [3.8, 4) is 0 Å². The van der Waals surface area contributed by atoms with Gasteiger partial charge in [0.05, 0.1) is 0 Å². The second kappa shape index (κ2) is 6.19. The molecule has 0 aliphatic rings. The highest BCUT2D eigenvalue weighted by molar-refractivity contribution is 9.10. The number of rotatable bonds is 5. The molecule has 2 heteroatoms. The fourth-order valence-electron chi connectivity index (χ4n) is 1.85. The van der Waals surface area contributed by atoms with E-state index in [1.54, 1.807) is 0 Å². The normalized spacial score (nSPS) is 12.5. The van der Waals surface area contributed by atoms with Crippen LogP contribution in [0.5, 0.6) is 0 Å². The minimum Gasteiger partial charge on any atom is -0.294 e. The number of aryl methyl sites for hydroxylation is 1. The first kappa shape index (κ1) is 13.4. The third-order valence-electron chi connectivity index (χ3n) is 2.80. The van der Waals surface area contributed by atoms with Gasteiger partial charge in [-0.05, 0) is 30.5 Å². The molecule has 0 saturated carbocycles. The van der Waals surface area contributed by atoms with E-state index in [2.05, 4.69) is 29.8 Å². The second-order valence-corrected chi connectivity index (χ2v) is 5.34. The van der Waals surface area contributed by atoms with Gasteiger partial charge in [-0.2, -0.15) is 0 Å². The molecular formula is C14H19BrO. The average molecular weight is 283 g/mol. The molecule has 1 unspecified atom stereocenters. The Hall–Kier alpha value is -0.630. The smallest absolute Gasteiger partial charge is 0.163 e. The van der Waals surface area contributed by atoms with Gasteiger partial charge in [-0.1, -0.05) is 48.7 Å². The number of Topliss-reactive ketones (excluding diaryl/α,β-unsaturated/α-hetero) is 1. The van der Waals surface area contributed by atoms with Crippen LogP contribution in [0.2, 0.25) is 0 Å². The molecular weight excluding hydrogens is 264 g/mol. The van der Waals surface area contributed by atoms with Crippen LogP contribution < -0.4 is 0 Å². The zero-order valence-corrected chi connectivity index (χ0v) is 11.8. The van der Waals surface area contributed by atoms with Gasteiger partial charge in [-0.3, -0.25) is 4.79 Å². The summed E-state index contributed by atoms with van der Waals surface area (Å²) in [5, 5.41) is 0. The number of carbonyl (C=O) groups is 1. The zero-order valence-electron chi connectivity index (χ0n) is 10.2. The van der Waals surface area contributed by atoms with Gasteiger partial charge in [0, 0.05) is 16.5 Å². The van der Waals surface area contributed by atoms with E-state index in [-0.39, 0.29) is 5.78 Å². The van der Waals surface area contributed by atoms with Crippen LogP contribution in [0.15, 0.2) is 22.7 Å². The van der Waals surface area contributed by atoms with E-state index in [0.717, 1.165) is 28.4 Å². The van der Waals surface area contributed by atoms with Gasteiger partial charge in [0.25, 0.3) is 0 Å². The van der Waals surface area contributed by atoms with E-state index in [4.69, 9.17) is 0 Å². The minimum absolute atomic E-state index is 0.261. The van der Waals surface area contributed by atoms with Crippen molar-refractivity contribution >= 4 is 21.7 Å². The lowest BCUT2D eigenvalue weighted by Crippen LogP contribution is -2.06. The van der Waals surface area contributed by atoms with Crippen LogP contribution in [-0.2, 0) is 0 Å². The topological polar surface area (TPSA) is 17.1 Å². The van der Waals surface area contributed by atoms with Crippen molar-refractivity contribution in [2.75, 3.05) is 0 Å². The molecule has 0 radical (unpaired) electrons. The molecule has 1 atom stereocenters. The SMILES string of the molecule is CCCC(C)CC(=O)c1ccc(Br)c(C)c1. The molecule has 1 nitrogen and oxygen atoms in total. The van der Waals surface area contributed by atoms with Crippen LogP contribution in [0.25, 0.3) is 0 Å². The Morgan fingerprint density at radius 3 is 2.69 bits per heavy atom. The summed E-state index contributed by atoms with van der Waals surface area (Å²) in [4.78, 5) is 12.0. The van der Waals surface area contributed by atoms with E-state index in [1.807, 2.05) is 25.1 Å². The van der Waals surface area contributed by atoms with Crippen molar-refractivity contribution in [2.24, 2.45) is 5.92 Å². The van der Waals surface area contributed by atoms with Crippen molar-refractivity contribution in [1.29, 1.82) is 0 Å². The van der Waals surface area contributed by atoms with Crippen molar-refractivity contribution < 1.29 is 4.79 Å². The summed E-state index contributed by atoms with van der Waals surface area (Å²) in [7, 11) is 0. The van der Waals surface area contributed by atoms with Gasteiger partial charge in [-0.25, -0.2) is 0 Å². The molecule has 88 valence electrons. The molecule has 1 aromatic carbocycles. The van der Waals surface area contributed by atoms with Crippen molar-refractivity contribution in [2.45, 2.75) is 40.0 Å². The maximum absolute atomic E-state index is 12.0. The summed E-state index contributed by atoms with van der Waals surface area (Å²) >= 11 is 3.44. The summed E-state index contributed by atoms with van der Waals surface area (Å²) < 4.78 is 1.06. The second-order valence-electron chi connectivity index (χ2n) is 4.49. The van der Waals surface area contributed by atoms with E-state index >= 15 is 0 Å². The molecule has 0 aliphatic carbocycles. The third-order valence-corrected chi connectivity index (χ3v) is 3.69. The van der Waals surface area contributed by atoms with Crippen LogP contribution in [0.3, 0.4) is 0 Å². The highest BCUT2D eigenvalue weighted by atomic mass is 79.9. The molecule has 0 amide bonds. The van der Waals surface area contributed by atoms with E-state index in [9.17, 15) is 4.79 Å². The fourth-order valence-corrected chi connectivity index (χ4v) is 2.09. The standard InChI is InChI=1S/C14H19BrO/c1-4-5-10(2)8-14(16)12-6-7-13(15)11(3)9-12/h6-7,9-10H,4-5,8H2,1-3H3. The van der Waals surface area contributed by atoms with Crippen molar-refractivity contribution in [3.63, 3.8) is 0 Å². The Kier molecular flexibility index (Phi) is 5.20. The molecule has 16 heavy (non-hydrogen) atoms. The summed E-state index contributed by atoms with van der Waals surface area (Å²) in [6.07, 6.45) is 2.93. The molecule has 0 N–H and O–H groups in total. The van der Waals surface area contributed by atoms with Gasteiger partial charge in [0.1, 0.15) is 0 Å². The van der Waals surface area contributed by atoms with Crippen LogP contribution in [0.4, 0.5) is 0 Å². The Morgan fingerprint density at radius 2 is 2.12 bits per heavy atom. The number of halogens is 1. The summed E-state index contributed by atoms with van der Waals surface area (Å²) in [6, 6.07) is 5.82. The molecule has 0 spiro atoms. The molecule has 1 aromatic rings. The van der Waals surface area contributed by atoms with E-state index in [0.29, 0.717) is 12.3 Å². The maximum Gasteiger partial charge on any atom is 0.163 e. The first-order chi connectivity index (χ1) is 7.54. The molecule has 0 bridgehead atoms. The number of ketones is 1. The molecule has 0 saturated heterocycles. The monoisotopic (exact) mass is 282 g/mol. The van der Waals surface area contributed by atoms with Crippen LogP contribution in [-0.4, -0.2) is 5.78 Å². The van der Waals surface area contributed by atoms with Crippen molar-refractivity contribution in [3.05, 3.63) is 33.8 Å². The lowest BCUT2D eigenvalue weighted by atomic mass is 9.95. The molecule has 0 fully saturated rings. The summed E-state index contributed by atoms with van der Waals surface area (Å²) in [5.74, 6) is 0.748. The molecule has 0 aromatic heterocycles. The largest absolute Gasteiger partial charge is 0.294 e. The lowest BCUT2D eigenvalue weighted by Gasteiger charge is -2.09. The van der Waals surface area contributed by atoms with Gasteiger partial charge >= 0.3 is 0 Å². The van der Waals surface area contributed by atoms with Gasteiger partial charge in [-0.15, -0.1) is 0 Å².